The number of anilines is 1. The topological polar surface area (TPSA) is 469 Å². The number of hydrogen-bond donors (Lipinski definition) is 6. The number of nitrogens with one attached hydrogen (secondary N) is 2. The Labute approximate surface area is 680 Å². The summed E-state index contributed by atoms with van der Waals surface area (Å²) in [6.07, 6.45) is -14.3. The molecular weight excluding hydrogens is 1530 g/mol. The summed E-state index contributed by atoms with van der Waals surface area (Å²) in [5.74, 6) is -39.2. The number of esters is 5. The van der Waals surface area contributed by atoms with Gasteiger partial charge in [0.05, 0.1) is 127 Å². The van der Waals surface area contributed by atoms with Crippen LogP contribution in [-0.4, -0.2) is 254 Å². The molecule has 34 heteroatoms. The number of nitrogens with zero attached hydrogens (tertiary/aromatic N) is 2. The smallest absolute Gasteiger partial charge is 0.320 e. The van der Waals surface area contributed by atoms with Crippen LogP contribution in [0.4, 0.5) is 5.69 Å². The molecule has 0 radical (unpaired) electrons. The Hall–Kier alpha value is -10.1. The largest absolute Gasteiger partial charge is 0.490 e. The Morgan fingerprint density at radius 3 is 1.39 bits per heavy atom. The van der Waals surface area contributed by atoms with E-state index in [0.29, 0.717) is 5.56 Å². The Bertz CT molecular complexity index is 3900. The van der Waals surface area contributed by atoms with Gasteiger partial charge in [0, 0.05) is 92.2 Å². The van der Waals surface area contributed by atoms with E-state index in [2.05, 4.69) is 10.6 Å². The van der Waals surface area contributed by atoms with E-state index in [1.54, 1.807) is 102 Å². The van der Waals surface area contributed by atoms with Crippen LogP contribution in [0.25, 0.3) is 0 Å². The minimum absolute atomic E-state index is 0.0209. The van der Waals surface area contributed by atoms with Gasteiger partial charge in [-0.1, -0.05) is 71.4 Å². The summed E-state index contributed by atoms with van der Waals surface area (Å²) in [5, 5.41) is 50.6. The SMILES string of the molecule is CCOC(=O)C(C(CC(C(=O)O)C(C(=O)NCC(C)C)C(CC1C(=O)N(CC(C)C)C(=O)C1C(CC(C(=O)O)C(C(=O)OCCNC(=O)c1ccc(N(C)C)cc1)C(CC(C(=O)O)C(C(=O)OCCOc1ccc(C(=O)CC(=O)c2ccc(C)cc2)cc1)C(CC)OC)OC)OC)OC)OC)C(CC(OC)C1C(=O)OC(=O)C1C)C(=O)O. The summed E-state index contributed by atoms with van der Waals surface area (Å²) in [5.41, 5.74) is 2.51. The molecule has 2 aliphatic rings. The first-order valence-electron chi connectivity index (χ1n) is 38.8. The van der Waals surface area contributed by atoms with Gasteiger partial charge in [0.1, 0.15) is 25.6 Å². The molecule has 2 aliphatic heterocycles. The molecule has 0 saturated carbocycles. The van der Waals surface area contributed by atoms with E-state index >= 15 is 19.2 Å². The number of Topliss-reactive ketones (excluding diaryl/α,β-unsaturated/α-hetero) is 2. The summed E-state index contributed by atoms with van der Waals surface area (Å²) < 4.78 is 62.6. The first kappa shape index (κ1) is 97.4. The van der Waals surface area contributed by atoms with Gasteiger partial charge < -0.3 is 88.1 Å². The molecule has 2 saturated heterocycles. The molecule has 0 aliphatic carbocycles. The van der Waals surface area contributed by atoms with Gasteiger partial charge in [-0.25, -0.2) is 0 Å². The van der Waals surface area contributed by atoms with E-state index in [4.69, 9.17) is 52.1 Å². The van der Waals surface area contributed by atoms with Crippen molar-refractivity contribution in [1.29, 1.82) is 0 Å². The molecule has 18 atom stereocenters. The number of likely N-dealkylation sites (tertiary alicyclic amines) is 1. The average molecular weight is 1650 g/mol. The fourth-order valence-corrected chi connectivity index (χ4v) is 15.1. The number of cyclic esters (lactones) is 2. The third kappa shape index (κ3) is 26.4. The summed E-state index contributed by atoms with van der Waals surface area (Å²) >= 11 is 0. The van der Waals surface area contributed by atoms with Crippen molar-refractivity contribution in [3.05, 3.63) is 95.1 Å². The van der Waals surface area contributed by atoms with E-state index in [1.807, 2.05) is 6.92 Å². The van der Waals surface area contributed by atoms with Crippen molar-refractivity contribution in [3.63, 3.8) is 0 Å². The lowest BCUT2D eigenvalue weighted by molar-refractivity contribution is -0.172. The summed E-state index contributed by atoms with van der Waals surface area (Å²) in [7, 11) is 10.1. The number of aliphatic carboxylic acids is 4. The highest BCUT2D eigenvalue weighted by Crippen LogP contribution is 2.44. The fourth-order valence-electron chi connectivity index (χ4n) is 15.1. The van der Waals surface area contributed by atoms with Crippen LogP contribution in [0, 0.1) is 89.8 Å². The molecule has 117 heavy (non-hydrogen) atoms. The van der Waals surface area contributed by atoms with E-state index in [9.17, 15) is 73.2 Å². The Morgan fingerprint density at radius 2 is 0.957 bits per heavy atom. The minimum atomic E-state index is -2.16. The lowest BCUT2D eigenvalue weighted by Gasteiger charge is -2.37. The zero-order valence-electron chi connectivity index (χ0n) is 69.2. The Kier molecular flexibility index (Phi) is 38.9. The Morgan fingerprint density at radius 1 is 0.504 bits per heavy atom. The van der Waals surface area contributed by atoms with E-state index in [0.717, 1.165) is 51.7 Å². The number of ketones is 2. The second kappa shape index (κ2) is 46.7. The van der Waals surface area contributed by atoms with Crippen LogP contribution in [0.1, 0.15) is 130 Å². The van der Waals surface area contributed by atoms with Crippen LogP contribution in [0.5, 0.6) is 5.75 Å². The van der Waals surface area contributed by atoms with E-state index in [-0.39, 0.29) is 67.8 Å². The minimum Gasteiger partial charge on any atom is -0.490 e. The number of carboxylic acids is 4. The molecule has 3 aromatic rings. The first-order chi connectivity index (χ1) is 55.4. The number of hydrogen-bond acceptors (Lipinski definition) is 27. The molecule has 18 unspecified atom stereocenters. The van der Waals surface area contributed by atoms with Crippen LogP contribution in [0.15, 0.2) is 72.8 Å². The third-order valence-corrected chi connectivity index (χ3v) is 21.4. The van der Waals surface area contributed by atoms with Crippen molar-refractivity contribution in [1.82, 2.24) is 15.5 Å². The predicted molar refractivity (Wildman–Crippen MR) is 415 cm³/mol. The molecule has 0 spiro atoms. The lowest BCUT2D eigenvalue weighted by Crippen LogP contribution is -2.50. The predicted octanol–water partition coefficient (Wildman–Crippen LogP) is 6.06. The molecular formula is C83H114N4O30. The monoisotopic (exact) mass is 1650 g/mol. The molecule has 2 heterocycles. The average Bonchev–Trinajstić information content (AvgIpc) is 1.67. The number of amides is 4. The molecule has 3 aromatic carbocycles. The zero-order valence-corrected chi connectivity index (χ0v) is 69.2. The summed E-state index contributed by atoms with van der Waals surface area (Å²) in [6.45, 7) is 10.5. The van der Waals surface area contributed by atoms with Crippen LogP contribution in [0.3, 0.4) is 0 Å². The number of imide groups is 1. The number of ether oxygens (including phenoxy) is 11. The quantitative estimate of drug-likeness (QED) is 0.00934. The Balaban J connectivity index is 1.58. The van der Waals surface area contributed by atoms with Crippen molar-refractivity contribution in [2.24, 2.45) is 82.9 Å². The maximum atomic E-state index is 15.4. The number of carbonyl (C=O) groups excluding carboxylic acids is 11. The highest BCUT2D eigenvalue weighted by atomic mass is 16.6. The van der Waals surface area contributed by atoms with Crippen molar-refractivity contribution in [2.75, 3.05) is 108 Å². The van der Waals surface area contributed by atoms with Crippen LogP contribution >= 0.6 is 0 Å². The van der Waals surface area contributed by atoms with Gasteiger partial charge in [-0.15, -0.1) is 0 Å². The van der Waals surface area contributed by atoms with E-state index in [1.165, 1.54) is 45.2 Å². The van der Waals surface area contributed by atoms with Crippen molar-refractivity contribution in [3.8, 4) is 5.75 Å². The van der Waals surface area contributed by atoms with Crippen molar-refractivity contribution < 1.29 is 144 Å². The highest BCUT2D eigenvalue weighted by Gasteiger charge is 2.57. The lowest BCUT2D eigenvalue weighted by atomic mass is 9.72. The number of methoxy groups -OCH3 is 6. The number of carboxylic acid groups (broad SMARTS) is 4. The van der Waals surface area contributed by atoms with Crippen LogP contribution < -0.4 is 20.3 Å². The van der Waals surface area contributed by atoms with Crippen molar-refractivity contribution >= 4 is 94.6 Å². The molecule has 4 amide bonds. The maximum absolute atomic E-state index is 15.4. The summed E-state index contributed by atoms with van der Waals surface area (Å²) in [6, 6.07) is 19.0. The van der Waals surface area contributed by atoms with Gasteiger partial charge in [-0.2, -0.15) is 0 Å². The third-order valence-electron chi connectivity index (χ3n) is 21.4. The second-order valence-electron chi connectivity index (χ2n) is 30.2. The van der Waals surface area contributed by atoms with Crippen molar-refractivity contribution in [2.45, 2.75) is 137 Å². The zero-order chi connectivity index (χ0) is 87.4. The number of aryl methyl sites for hydroxylation is 1. The number of benzene rings is 3. The van der Waals surface area contributed by atoms with Gasteiger partial charge in [0.2, 0.25) is 17.7 Å². The van der Waals surface area contributed by atoms with Gasteiger partial charge in [0.15, 0.2) is 11.6 Å². The molecule has 646 valence electrons. The van der Waals surface area contributed by atoms with E-state index < -0.39 is 248 Å². The van der Waals surface area contributed by atoms with Crippen LogP contribution in [-0.2, 0) is 105 Å². The normalized spacial score (nSPS) is 19.1. The summed E-state index contributed by atoms with van der Waals surface area (Å²) in [4.78, 5) is 213. The molecule has 6 N–H and O–H groups in total. The van der Waals surface area contributed by atoms with Crippen LogP contribution in [0.2, 0.25) is 0 Å². The van der Waals surface area contributed by atoms with Gasteiger partial charge in [-0.3, -0.25) is 76.8 Å². The molecule has 0 bridgehead atoms. The molecule has 2 fully saturated rings. The molecule has 0 aromatic heterocycles. The second-order valence-corrected chi connectivity index (χ2v) is 30.2. The maximum Gasteiger partial charge on any atom is 0.320 e. The van der Waals surface area contributed by atoms with Gasteiger partial charge in [0.25, 0.3) is 5.91 Å². The molecule has 34 nitrogen and oxygen atoms in total. The molecule has 5 rings (SSSR count). The standard InChI is InChI=1S/C83H114N4O30/c1-17-59(107-11)68(81(104)116-34-33-114-51-29-25-48(26-30-51)58(89)40-57(88)47-21-19-45(7)20-22-47)54(76(96)97)39-64(112-16)70(82(105)115-32-31-84-71(90)49-23-27-50(28-24-49)86(9)10)56(78(100)101)38-62(110-14)67-52(73(92)87(74(67)93)42-44(5)6)35-61(109-13)66(72(91)85-41-43(3)4)53(75(94)95)36-63(111-15)69(80(103)113-18-2)55(77(98)99)37-60(108-12)65-46(8)79(102)117-83(65)106/h19-30,43-44,46,52-56,59-70H,17-18,31-42H2,1-16H3,(H,84,90)(H,85,91)(H,94,95)(H,96,97)(H,98,99)(H,100,101). The van der Waals surface area contributed by atoms with Gasteiger partial charge in [-0.05, 0) is 113 Å². The number of carbonyl (C=O) groups is 15. The first-order valence-corrected chi connectivity index (χ1v) is 38.8. The van der Waals surface area contributed by atoms with Gasteiger partial charge >= 0.3 is 53.7 Å². The fraction of sp³-hybridized carbons (Fsp3) is 0.602. The highest BCUT2D eigenvalue weighted by molar-refractivity contribution is 6.13. The number of rotatable bonds is 53.